The zero-order valence-corrected chi connectivity index (χ0v) is 9.30. The molecule has 1 aromatic carbocycles. The van der Waals surface area contributed by atoms with Crippen molar-refractivity contribution in [2.75, 3.05) is 0 Å². The minimum Gasteiger partial charge on any atom is -0.468 e. The molecule has 0 spiro atoms. The first-order valence-electron chi connectivity index (χ1n) is 4.93. The lowest BCUT2D eigenvalue weighted by atomic mass is 10.2. The molecular weight excluding hydrogens is 229 g/mol. The molecule has 0 aliphatic heterocycles. The van der Waals surface area contributed by atoms with Gasteiger partial charge in [-0.2, -0.15) is 0 Å². The lowest BCUT2D eigenvalue weighted by Gasteiger charge is -2.05. The molecule has 1 aromatic heterocycles. The van der Waals surface area contributed by atoms with Crippen molar-refractivity contribution in [2.45, 2.75) is 13.1 Å². The van der Waals surface area contributed by atoms with E-state index < -0.39 is 0 Å². The van der Waals surface area contributed by atoms with Gasteiger partial charge in [-0.3, -0.25) is 0 Å². The summed E-state index contributed by atoms with van der Waals surface area (Å²) in [5, 5.41) is 3.30. The van der Waals surface area contributed by atoms with E-state index >= 15 is 0 Å². The van der Waals surface area contributed by atoms with E-state index in [1.165, 1.54) is 6.07 Å². The van der Waals surface area contributed by atoms with Crippen LogP contribution in [0.2, 0.25) is 5.02 Å². The lowest BCUT2D eigenvalue weighted by Crippen LogP contribution is -2.12. The molecular formula is C12H11ClFNO. The van der Waals surface area contributed by atoms with E-state index in [-0.39, 0.29) is 10.8 Å². The van der Waals surface area contributed by atoms with E-state index in [0.29, 0.717) is 13.1 Å². The van der Waals surface area contributed by atoms with Crippen molar-refractivity contribution in [3.05, 3.63) is 58.8 Å². The third-order valence-electron chi connectivity index (χ3n) is 2.23. The molecule has 1 heterocycles. The molecule has 2 nitrogen and oxygen atoms in total. The fraction of sp³-hybridized carbons (Fsp3) is 0.167. The van der Waals surface area contributed by atoms with E-state index in [1.807, 2.05) is 12.1 Å². The second-order valence-corrected chi connectivity index (χ2v) is 3.77. The fourth-order valence-corrected chi connectivity index (χ4v) is 1.61. The number of halogens is 2. The first-order chi connectivity index (χ1) is 7.77. The second kappa shape index (κ2) is 5.14. The Morgan fingerprint density at radius 2 is 2.06 bits per heavy atom. The maximum Gasteiger partial charge on any atom is 0.142 e. The predicted molar refractivity (Wildman–Crippen MR) is 60.7 cm³/mol. The summed E-state index contributed by atoms with van der Waals surface area (Å²) < 4.78 is 18.3. The van der Waals surface area contributed by atoms with Crippen molar-refractivity contribution in [1.29, 1.82) is 0 Å². The van der Waals surface area contributed by atoms with Crippen molar-refractivity contribution >= 4 is 11.6 Å². The maximum atomic E-state index is 13.1. The third kappa shape index (κ3) is 2.62. The zero-order chi connectivity index (χ0) is 11.4. The highest BCUT2D eigenvalue weighted by Crippen LogP contribution is 2.19. The van der Waals surface area contributed by atoms with Gasteiger partial charge in [-0.15, -0.1) is 0 Å². The van der Waals surface area contributed by atoms with Gasteiger partial charge in [-0.05, 0) is 23.8 Å². The van der Waals surface area contributed by atoms with E-state index in [9.17, 15) is 4.39 Å². The highest BCUT2D eigenvalue weighted by molar-refractivity contribution is 6.31. The predicted octanol–water partition coefficient (Wildman–Crippen LogP) is 3.36. The van der Waals surface area contributed by atoms with E-state index in [0.717, 1.165) is 11.3 Å². The van der Waals surface area contributed by atoms with Crippen LogP contribution in [-0.2, 0) is 13.1 Å². The van der Waals surface area contributed by atoms with Crippen molar-refractivity contribution < 1.29 is 8.81 Å². The Hall–Kier alpha value is -1.32. The summed E-state index contributed by atoms with van der Waals surface area (Å²) in [5.41, 5.74) is 0.744. The van der Waals surface area contributed by atoms with Crippen LogP contribution in [0.4, 0.5) is 4.39 Å². The van der Waals surface area contributed by atoms with Gasteiger partial charge in [0.1, 0.15) is 11.6 Å². The van der Waals surface area contributed by atoms with E-state index in [2.05, 4.69) is 5.32 Å². The standard InChI is InChI=1S/C12H11ClFNO/c13-12-9(3-1-5-11(12)14)7-15-8-10-4-2-6-16-10/h1-6,15H,7-8H2. The van der Waals surface area contributed by atoms with Gasteiger partial charge in [-0.1, -0.05) is 23.7 Å². The van der Waals surface area contributed by atoms with Crippen molar-refractivity contribution in [3.8, 4) is 0 Å². The molecule has 2 rings (SSSR count). The quantitative estimate of drug-likeness (QED) is 0.885. The Morgan fingerprint density at radius 3 is 2.81 bits per heavy atom. The molecule has 0 amide bonds. The molecule has 4 heteroatoms. The maximum absolute atomic E-state index is 13.1. The summed E-state index contributed by atoms with van der Waals surface area (Å²) in [6, 6.07) is 8.48. The topological polar surface area (TPSA) is 25.2 Å². The molecule has 0 aliphatic carbocycles. The molecule has 0 atom stereocenters. The summed E-state index contributed by atoms with van der Waals surface area (Å²) in [6.45, 7) is 1.11. The van der Waals surface area contributed by atoms with Crippen LogP contribution in [-0.4, -0.2) is 0 Å². The molecule has 1 N–H and O–H groups in total. The monoisotopic (exact) mass is 239 g/mol. The van der Waals surface area contributed by atoms with Gasteiger partial charge in [0.2, 0.25) is 0 Å². The van der Waals surface area contributed by atoms with Crippen LogP contribution >= 0.6 is 11.6 Å². The molecule has 0 saturated carbocycles. The Morgan fingerprint density at radius 1 is 1.19 bits per heavy atom. The highest BCUT2D eigenvalue weighted by atomic mass is 35.5. The molecule has 0 unspecified atom stereocenters. The molecule has 0 aliphatic rings. The second-order valence-electron chi connectivity index (χ2n) is 3.40. The normalized spacial score (nSPS) is 10.6. The first-order valence-corrected chi connectivity index (χ1v) is 5.31. The Balaban J connectivity index is 1.92. The number of hydrogen-bond donors (Lipinski definition) is 1. The van der Waals surface area contributed by atoms with E-state index in [4.69, 9.17) is 16.0 Å². The van der Waals surface area contributed by atoms with Gasteiger partial charge in [0.25, 0.3) is 0 Å². The summed E-state index contributed by atoms with van der Waals surface area (Å²) in [7, 11) is 0. The van der Waals surface area contributed by atoms with Gasteiger partial charge in [-0.25, -0.2) is 4.39 Å². The number of furan rings is 1. The van der Waals surface area contributed by atoms with Crippen LogP contribution in [0, 0.1) is 5.82 Å². The summed E-state index contributed by atoms with van der Waals surface area (Å²) >= 11 is 5.82. The Kier molecular flexibility index (Phi) is 3.59. The minimum atomic E-state index is -0.390. The average Bonchev–Trinajstić information content (AvgIpc) is 2.77. The van der Waals surface area contributed by atoms with Crippen LogP contribution in [0.1, 0.15) is 11.3 Å². The van der Waals surface area contributed by atoms with Crippen molar-refractivity contribution in [2.24, 2.45) is 0 Å². The van der Waals surface area contributed by atoms with Gasteiger partial charge in [0, 0.05) is 6.54 Å². The minimum absolute atomic E-state index is 0.175. The van der Waals surface area contributed by atoms with E-state index in [1.54, 1.807) is 18.4 Å². The van der Waals surface area contributed by atoms with Gasteiger partial charge in [0.15, 0.2) is 0 Å². The lowest BCUT2D eigenvalue weighted by molar-refractivity contribution is 0.482. The van der Waals surface area contributed by atoms with Crippen LogP contribution in [0.15, 0.2) is 41.0 Å². The third-order valence-corrected chi connectivity index (χ3v) is 2.65. The van der Waals surface area contributed by atoms with Crippen LogP contribution in [0.25, 0.3) is 0 Å². The average molecular weight is 240 g/mol. The highest BCUT2D eigenvalue weighted by Gasteiger charge is 2.05. The fourth-order valence-electron chi connectivity index (χ4n) is 1.42. The molecule has 0 fully saturated rings. The molecule has 0 radical (unpaired) electrons. The number of benzene rings is 1. The summed E-state index contributed by atoms with van der Waals surface area (Å²) in [5.74, 6) is 0.450. The number of nitrogens with one attached hydrogen (secondary N) is 1. The van der Waals surface area contributed by atoms with Gasteiger partial charge in [0.05, 0.1) is 17.8 Å². The number of rotatable bonds is 4. The Bertz CT molecular complexity index is 456. The van der Waals surface area contributed by atoms with Gasteiger partial charge < -0.3 is 9.73 Å². The van der Waals surface area contributed by atoms with Gasteiger partial charge >= 0.3 is 0 Å². The molecule has 16 heavy (non-hydrogen) atoms. The smallest absolute Gasteiger partial charge is 0.142 e. The molecule has 2 aromatic rings. The van der Waals surface area contributed by atoms with Crippen molar-refractivity contribution in [1.82, 2.24) is 5.32 Å². The van der Waals surface area contributed by atoms with Crippen LogP contribution < -0.4 is 5.32 Å². The SMILES string of the molecule is Fc1cccc(CNCc2ccco2)c1Cl. The summed E-state index contributed by atoms with van der Waals surface area (Å²) in [6.07, 6.45) is 1.62. The largest absolute Gasteiger partial charge is 0.468 e. The first kappa shape index (κ1) is 11.2. The van der Waals surface area contributed by atoms with Crippen molar-refractivity contribution in [3.63, 3.8) is 0 Å². The molecule has 0 saturated heterocycles. The molecule has 0 bridgehead atoms. The van der Waals surface area contributed by atoms with Crippen LogP contribution in [0.5, 0.6) is 0 Å². The zero-order valence-electron chi connectivity index (χ0n) is 8.54. The summed E-state index contributed by atoms with van der Waals surface area (Å²) in [4.78, 5) is 0. The number of hydrogen-bond acceptors (Lipinski definition) is 2. The van der Waals surface area contributed by atoms with Crippen LogP contribution in [0.3, 0.4) is 0 Å². The Labute approximate surface area is 98.0 Å². The molecule has 84 valence electrons.